The molecule has 0 radical (unpaired) electrons. The summed E-state index contributed by atoms with van der Waals surface area (Å²) < 4.78 is 0. The molecule has 0 aromatic rings. The summed E-state index contributed by atoms with van der Waals surface area (Å²) in [6.07, 6.45) is 5.26. The van der Waals surface area contributed by atoms with Crippen LogP contribution in [0.5, 0.6) is 0 Å². The fourth-order valence-electron chi connectivity index (χ4n) is 3.57. The molecule has 116 valence electrons. The zero-order valence-corrected chi connectivity index (χ0v) is 13.8. The maximum atomic E-state index is 11.9. The average molecular weight is 280 g/mol. The molecular formula is C17H32N2O. The zero-order chi connectivity index (χ0) is 14.8. The molecule has 0 aliphatic carbocycles. The normalized spacial score (nSPS) is 22.6. The molecule has 2 aliphatic heterocycles. The number of piperidine rings is 1. The topological polar surface area (TPSA) is 23.6 Å². The molecule has 1 amide bonds. The number of hydrogen-bond donors (Lipinski definition) is 0. The number of likely N-dealkylation sites (tertiary alicyclic amines) is 2. The molecule has 2 rings (SSSR count). The molecule has 0 N–H and O–H groups in total. The van der Waals surface area contributed by atoms with Gasteiger partial charge in [-0.25, -0.2) is 0 Å². The van der Waals surface area contributed by atoms with E-state index >= 15 is 0 Å². The molecule has 20 heavy (non-hydrogen) atoms. The molecule has 0 atom stereocenters. The largest absolute Gasteiger partial charge is 0.341 e. The van der Waals surface area contributed by atoms with Gasteiger partial charge in [0.15, 0.2) is 0 Å². The molecule has 0 saturated carbocycles. The van der Waals surface area contributed by atoms with E-state index in [1.165, 1.54) is 45.3 Å². The lowest BCUT2D eigenvalue weighted by Crippen LogP contribution is -2.62. The van der Waals surface area contributed by atoms with Gasteiger partial charge in [-0.15, -0.1) is 0 Å². The van der Waals surface area contributed by atoms with Crippen LogP contribution < -0.4 is 0 Å². The van der Waals surface area contributed by atoms with Gasteiger partial charge in [0.1, 0.15) is 0 Å². The highest BCUT2D eigenvalue weighted by Gasteiger charge is 2.46. The van der Waals surface area contributed by atoms with E-state index in [2.05, 4.69) is 23.6 Å². The van der Waals surface area contributed by atoms with Crippen LogP contribution in [0.3, 0.4) is 0 Å². The van der Waals surface area contributed by atoms with E-state index < -0.39 is 0 Å². The standard InChI is InChI=1S/C17H32N2O/c1-14(2)6-5-9-18-10-7-17(8-11-18)12-19(13-17)16(20)15(3)4/h14-15H,5-13H2,1-4H3. The molecule has 0 aromatic carbocycles. The summed E-state index contributed by atoms with van der Waals surface area (Å²) in [6, 6.07) is 0. The van der Waals surface area contributed by atoms with E-state index in [4.69, 9.17) is 0 Å². The highest BCUT2D eigenvalue weighted by molar-refractivity contribution is 5.79. The number of nitrogens with zero attached hydrogens (tertiary/aromatic N) is 2. The molecule has 0 bridgehead atoms. The highest BCUT2D eigenvalue weighted by atomic mass is 16.2. The Balaban J connectivity index is 1.67. The summed E-state index contributed by atoms with van der Waals surface area (Å²) in [5.74, 6) is 1.33. The van der Waals surface area contributed by atoms with Crippen LogP contribution in [0.4, 0.5) is 0 Å². The maximum absolute atomic E-state index is 11.9. The summed E-state index contributed by atoms with van der Waals surface area (Å²) in [5, 5.41) is 0. The van der Waals surface area contributed by atoms with Crippen molar-refractivity contribution in [3.8, 4) is 0 Å². The van der Waals surface area contributed by atoms with Gasteiger partial charge in [-0.2, -0.15) is 0 Å². The number of hydrogen-bond acceptors (Lipinski definition) is 2. The predicted octanol–water partition coefficient (Wildman–Crippen LogP) is 3.00. The average Bonchev–Trinajstić information content (AvgIpc) is 2.35. The zero-order valence-electron chi connectivity index (χ0n) is 13.8. The van der Waals surface area contributed by atoms with E-state index in [0.29, 0.717) is 11.3 Å². The minimum atomic E-state index is 0.156. The second-order valence-electron chi connectivity index (χ2n) is 7.73. The number of carbonyl (C=O) groups is 1. The molecule has 3 heteroatoms. The maximum Gasteiger partial charge on any atom is 0.225 e. The minimum absolute atomic E-state index is 0.156. The molecule has 2 aliphatic rings. The van der Waals surface area contributed by atoms with Crippen molar-refractivity contribution in [2.24, 2.45) is 17.3 Å². The Bertz CT molecular complexity index is 322. The van der Waals surface area contributed by atoms with E-state index in [0.717, 1.165) is 19.0 Å². The molecular weight excluding hydrogens is 248 g/mol. The molecule has 3 nitrogen and oxygen atoms in total. The Kier molecular flexibility index (Phi) is 5.11. The van der Waals surface area contributed by atoms with Gasteiger partial charge < -0.3 is 9.80 Å². The number of amides is 1. The van der Waals surface area contributed by atoms with Crippen molar-refractivity contribution in [2.75, 3.05) is 32.7 Å². The SMILES string of the molecule is CC(C)CCCN1CCC2(CC1)CN(C(=O)C(C)C)C2. The van der Waals surface area contributed by atoms with Crippen molar-refractivity contribution in [2.45, 2.75) is 53.4 Å². The number of carbonyl (C=O) groups excluding carboxylic acids is 1. The number of rotatable bonds is 5. The second-order valence-corrected chi connectivity index (χ2v) is 7.73. The van der Waals surface area contributed by atoms with Gasteiger partial charge in [-0.3, -0.25) is 4.79 Å². The van der Waals surface area contributed by atoms with Crippen LogP contribution in [-0.4, -0.2) is 48.4 Å². The first-order valence-corrected chi connectivity index (χ1v) is 8.43. The van der Waals surface area contributed by atoms with Gasteiger partial charge >= 0.3 is 0 Å². The van der Waals surface area contributed by atoms with Crippen LogP contribution in [0.2, 0.25) is 0 Å². The smallest absolute Gasteiger partial charge is 0.225 e. The minimum Gasteiger partial charge on any atom is -0.341 e. The molecule has 1 spiro atoms. The molecule has 2 heterocycles. The van der Waals surface area contributed by atoms with Crippen LogP contribution in [0, 0.1) is 17.3 Å². The lowest BCUT2D eigenvalue weighted by atomic mass is 9.71. The van der Waals surface area contributed by atoms with Crippen molar-refractivity contribution in [3.05, 3.63) is 0 Å². The predicted molar refractivity (Wildman–Crippen MR) is 83.6 cm³/mol. The summed E-state index contributed by atoms with van der Waals surface area (Å²) in [5.41, 5.74) is 0.471. The van der Waals surface area contributed by atoms with Gasteiger partial charge in [0.25, 0.3) is 0 Å². The van der Waals surface area contributed by atoms with E-state index in [9.17, 15) is 4.79 Å². The van der Waals surface area contributed by atoms with Gasteiger partial charge in [0, 0.05) is 24.4 Å². The molecule has 0 unspecified atom stereocenters. The summed E-state index contributed by atoms with van der Waals surface area (Å²) >= 11 is 0. The third-order valence-corrected chi connectivity index (χ3v) is 5.03. The summed E-state index contributed by atoms with van der Waals surface area (Å²) in [6.45, 7) is 14.4. The third-order valence-electron chi connectivity index (χ3n) is 5.03. The summed E-state index contributed by atoms with van der Waals surface area (Å²) in [4.78, 5) is 16.6. The van der Waals surface area contributed by atoms with E-state index in [1.807, 2.05) is 13.8 Å². The van der Waals surface area contributed by atoms with Crippen LogP contribution in [0.1, 0.15) is 53.4 Å². The van der Waals surface area contributed by atoms with Crippen LogP contribution in [0.15, 0.2) is 0 Å². The Labute approximate surface area is 124 Å². The third kappa shape index (κ3) is 3.75. The van der Waals surface area contributed by atoms with Crippen molar-refractivity contribution >= 4 is 5.91 Å². The van der Waals surface area contributed by atoms with Gasteiger partial charge in [0.05, 0.1) is 0 Å². The fraction of sp³-hybridized carbons (Fsp3) is 0.941. The Morgan fingerprint density at radius 1 is 1.10 bits per heavy atom. The lowest BCUT2D eigenvalue weighted by Gasteiger charge is -2.54. The quantitative estimate of drug-likeness (QED) is 0.773. The van der Waals surface area contributed by atoms with Crippen molar-refractivity contribution in [1.82, 2.24) is 9.80 Å². The van der Waals surface area contributed by atoms with Crippen molar-refractivity contribution in [3.63, 3.8) is 0 Å². The molecule has 2 saturated heterocycles. The second kappa shape index (κ2) is 6.46. The first kappa shape index (κ1) is 15.8. The highest BCUT2D eigenvalue weighted by Crippen LogP contribution is 2.40. The van der Waals surface area contributed by atoms with Crippen LogP contribution in [-0.2, 0) is 4.79 Å². The summed E-state index contributed by atoms with van der Waals surface area (Å²) in [7, 11) is 0. The fourth-order valence-corrected chi connectivity index (χ4v) is 3.57. The first-order valence-electron chi connectivity index (χ1n) is 8.43. The van der Waals surface area contributed by atoms with Gasteiger partial charge in [0.2, 0.25) is 5.91 Å². The van der Waals surface area contributed by atoms with Gasteiger partial charge in [-0.05, 0) is 51.2 Å². The van der Waals surface area contributed by atoms with Gasteiger partial charge in [-0.1, -0.05) is 27.7 Å². The molecule has 0 aromatic heterocycles. The monoisotopic (exact) mass is 280 g/mol. The van der Waals surface area contributed by atoms with Crippen molar-refractivity contribution in [1.29, 1.82) is 0 Å². The first-order chi connectivity index (χ1) is 9.42. The van der Waals surface area contributed by atoms with Crippen molar-refractivity contribution < 1.29 is 4.79 Å². The Morgan fingerprint density at radius 2 is 1.70 bits per heavy atom. The Hall–Kier alpha value is -0.570. The lowest BCUT2D eigenvalue weighted by molar-refractivity contribution is -0.150. The molecule has 2 fully saturated rings. The van der Waals surface area contributed by atoms with E-state index in [-0.39, 0.29) is 5.92 Å². The Morgan fingerprint density at radius 3 is 2.20 bits per heavy atom. The van der Waals surface area contributed by atoms with E-state index in [1.54, 1.807) is 0 Å². The van der Waals surface area contributed by atoms with Crippen LogP contribution >= 0.6 is 0 Å². The van der Waals surface area contributed by atoms with Crippen LogP contribution in [0.25, 0.3) is 0 Å².